The summed E-state index contributed by atoms with van der Waals surface area (Å²) in [5, 5.41) is 2.16. The van der Waals surface area contributed by atoms with Gasteiger partial charge in [0, 0.05) is 28.7 Å². The van der Waals surface area contributed by atoms with Crippen molar-refractivity contribution in [1.82, 2.24) is 9.97 Å². The predicted octanol–water partition coefficient (Wildman–Crippen LogP) is 5.78. The number of pyridine rings is 2. The minimum Gasteiger partial charge on any atom is -0.438 e. The van der Waals surface area contributed by atoms with Gasteiger partial charge in [0.1, 0.15) is 5.58 Å². The molecule has 0 radical (unpaired) electrons. The standard InChI is InChI=1S/C22H20N2O/c1-2-6-15(5-1)11-16-9-10-23-20(12-16)17-13-19-18-7-3-4-8-21(18)25-22(19)24-14-17/h3-4,7-10,12-15H,1-2,5-6,11H2. The summed E-state index contributed by atoms with van der Waals surface area (Å²) in [6, 6.07) is 14.6. The summed E-state index contributed by atoms with van der Waals surface area (Å²) in [5.41, 5.74) is 4.99. The van der Waals surface area contributed by atoms with Gasteiger partial charge in [-0.1, -0.05) is 43.9 Å². The maximum atomic E-state index is 5.82. The second kappa shape index (κ2) is 5.99. The van der Waals surface area contributed by atoms with Crippen molar-refractivity contribution in [1.29, 1.82) is 0 Å². The number of aromatic nitrogens is 2. The van der Waals surface area contributed by atoms with Gasteiger partial charge in [0.2, 0.25) is 5.71 Å². The van der Waals surface area contributed by atoms with Crippen LogP contribution in [0.3, 0.4) is 0 Å². The molecule has 1 saturated carbocycles. The van der Waals surface area contributed by atoms with Gasteiger partial charge >= 0.3 is 0 Å². The Morgan fingerprint density at radius 3 is 2.76 bits per heavy atom. The zero-order valence-corrected chi connectivity index (χ0v) is 14.1. The molecule has 3 nitrogen and oxygen atoms in total. The Morgan fingerprint density at radius 1 is 0.960 bits per heavy atom. The summed E-state index contributed by atoms with van der Waals surface area (Å²) in [5.74, 6) is 0.841. The van der Waals surface area contributed by atoms with Crippen LogP contribution in [-0.4, -0.2) is 9.97 Å². The van der Waals surface area contributed by atoms with E-state index in [4.69, 9.17) is 4.42 Å². The number of hydrogen-bond acceptors (Lipinski definition) is 3. The van der Waals surface area contributed by atoms with Crippen molar-refractivity contribution >= 4 is 22.1 Å². The van der Waals surface area contributed by atoms with E-state index < -0.39 is 0 Å². The van der Waals surface area contributed by atoms with Crippen LogP contribution in [0.25, 0.3) is 33.3 Å². The zero-order valence-electron chi connectivity index (χ0n) is 14.1. The number of nitrogens with zero attached hydrogens (tertiary/aromatic N) is 2. The zero-order chi connectivity index (χ0) is 16.6. The average molecular weight is 328 g/mol. The van der Waals surface area contributed by atoms with Crippen molar-refractivity contribution in [3.05, 3.63) is 60.4 Å². The maximum absolute atomic E-state index is 5.82. The summed E-state index contributed by atoms with van der Waals surface area (Å²) in [7, 11) is 0. The minimum atomic E-state index is 0.687. The highest BCUT2D eigenvalue weighted by Gasteiger charge is 2.16. The predicted molar refractivity (Wildman–Crippen MR) is 100 cm³/mol. The first-order chi connectivity index (χ1) is 12.4. The van der Waals surface area contributed by atoms with Crippen LogP contribution in [0.5, 0.6) is 0 Å². The van der Waals surface area contributed by atoms with E-state index in [9.17, 15) is 0 Å². The molecule has 0 saturated heterocycles. The number of benzene rings is 1. The fourth-order valence-electron chi connectivity index (χ4n) is 4.06. The Morgan fingerprint density at radius 2 is 1.84 bits per heavy atom. The largest absolute Gasteiger partial charge is 0.438 e. The van der Waals surface area contributed by atoms with Crippen LogP contribution < -0.4 is 0 Å². The molecule has 1 aromatic carbocycles. The molecule has 0 atom stereocenters. The molecule has 0 bridgehead atoms. The van der Waals surface area contributed by atoms with E-state index in [1.165, 1.54) is 37.7 Å². The van der Waals surface area contributed by atoms with Crippen molar-refractivity contribution in [3.8, 4) is 11.3 Å². The molecular formula is C22H20N2O. The molecular weight excluding hydrogens is 308 g/mol. The maximum Gasteiger partial charge on any atom is 0.227 e. The molecule has 0 unspecified atom stereocenters. The van der Waals surface area contributed by atoms with Gasteiger partial charge in [-0.3, -0.25) is 4.98 Å². The van der Waals surface area contributed by atoms with Crippen LogP contribution in [0.2, 0.25) is 0 Å². The van der Waals surface area contributed by atoms with Crippen molar-refractivity contribution in [2.24, 2.45) is 5.92 Å². The Hall–Kier alpha value is -2.68. The Kier molecular flexibility index (Phi) is 3.51. The normalized spacial score (nSPS) is 15.4. The molecule has 0 aliphatic heterocycles. The molecule has 0 spiro atoms. The van der Waals surface area contributed by atoms with Gasteiger partial charge in [-0.15, -0.1) is 0 Å². The lowest BCUT2D eigenvalue weighted by Gasteiger charge is -2.10. The highest BCUT2D eigenvalue weighted by atomic mass is 16.3. The average Bonchev–Trinajstić information content (AvgIpc) is 3.29. The van der Waals surface area contributed by atoms with Crippen molar-refractivity contribution in [2.75, 3.05) is 0 Å². The molecule has 4 aromatic rings. The fourth-order valence-corrected chi connectivity index (χ4v) is 4.06. The van der Waals surface area contributed by atoms with Crippen molar-refractivity contribution < 1.29 is 4.42 Å². The lowest BCUT2D eigenvalue weighted by atomic mass is 9.97. The third-order valence-corrected chi connectivity index (χ3v) is 5.35. The first-order valence-corrected chi connectivity index (χ1v) is 9.09. The summed E-state index contributed by atoms with van der Waals surface area (Å²) in [6.45, 7) is 0. The van der Waals surface area contributed by atoms with E-state index in [0.29, 0.717) is 5.71 Å². The van der Waals surface area contributed by atoms with E-state index in [0.717, 1.165) is 33.5 Å². The molecule has 3 aromatic heterocycles. The van der Waals surface area contributed by atoms with Crippen LogP contribution in [-0.2, 0) is 6.42 Å². The van der Waals surface area contributed by atoms with Crippen molar-refractivity contribution in [3.63, 3.8) is 0 Å². The fraction of sp³-hybridized carbons (Fsp3) is 0.273. The van der Waals surface area contributed by atoms with E-state index in [1.807, 2.05) is 30.6 Å². The highest BCUT2D eigenvalue weighted by molar-refractivity contribution is 6.04. The van der Waals surface area contributed by atoms with Crippen LogP contribution in [0.15, 0.2) is 59.3 Å². The van der Waals surface area contributed by atoms with E-state index in [1.54, 1.807) is 0 Å². The van der Waals surface area contributed by atoms with Crippen LogP contribution >= 0.6 is 0 Å². The van der Waals surface area contributed by atoms with Gasteiger partial charge in [0.05, 0.1) is 5.69 Å². The monoisotopic (exact) mass is 328 g/mol. The Labute approximate surface area is 146 Å². The van der Waals surface area contributed by atoms with Gasteiger partial charge in [-0.05, 0) is 42.2 Å². The lowest BCUT2D eigenvalue weighted by Crippen LogP contribution is -1.99. The summed E-state index contributed by atoms with van der Waals surface area (Å²) < 4.78 is 5.82. The van der Waals surface area contributed by atoms with Crippen LogP contribution in [0.1, 0.15) is 31.2 Å². The highest BCUT2D eigenvalue weighted by Crippen LogP contribution is 2.31. The minimum absolute atomic E-state index is 0.687. The first kappa shape index (κ1) is 14.6. The molecule has 1 aliphatic rings. The molecule has 3 heterocycles. The number of rotatable bonds is 3. The van der Waals surface area contributed by atoms with Crippen LogP contribution in [0, 0.1) is 5.92 Å². The summed E-state index contributed by atoms with van der Waals surface area (Å²) in [4.78, 5) is 9.11. The Bertz CT molecular complexity index is 1040. The third-order valence-electron chi connectivity index (χ3n) is 5.35. The Balaban J connectivity index is 1.54. The van der Waals surface area contributed by atoms with E-state index >= 15 is 0 Å². The quantitative estimate of drug-likeness (QED) is 0.479. The molecule has 124 valence electrons. The molecule has 1 aliphatic carbocycles. The molecule has 3 heteroatoms. The topological polar surface area (TPSA) is 38.9 Å². The van der Waals surface area contributed by atoms with Gasteiger partial charge in [-0.2, -0.15) is 0 Å². The van der Waals surface area contributed by atoms with E-state index in [2.05, 4.69) is 34.2 Å². The van der Waals surface area contributed by atoms with Gasteiger partial charge < -0.3 is 4.42 Å². The van der Waals surface area contributed by atoms with Crippen molar-refractivity contribution in [2.45, 2.75) is 32.1 Å². The number of hydrogen-bond donors (Lipinski definition) is 0. The lowest BCUT2D eigenvalue weighted by molar-refractivity contribution is 0.546. The van der Waals surface area contributed by atoms with Gasteiger partial charge in [0.25, 0.3) is 0 Å². The molecule has 0 N–H and O–H groups in total. The molecule has 0 amide bonds. The smallest absolute Gasteiger partial charge is 0.227 e. The van der Waals surface area contributed by atoms with Gasteiger partial charge in [-0.25, -0.2) is 4.98 Å². The van der Waals surface area contributed by atoms with E-state index in [-0.39, 0.29) is 0 Å². The van der Waals surface area contributed by atoms with Crippen LogP contribution in [0.4, 0.5) is 0 Å². The molecule has 1 fully saturated rings. The second-order valence-electron chi connectivity index (χ2n) is 7.08. The number of furan rings is 1. The number of para-hydroxylation sites is 1. The molecule has 5 rings (SSSR count). The summed E-state index contributed by atoms with van der Waals surface area (Å²) in [6.07, 6.45) is 10.5. The van der Waals surface area contributed by atoms with Gasteiger partial charge in [0.15, 0.2) is 0 Å². The first-order valence-electron chi connectivity index (χ1n) is 9.09. The second-order valence-corrected chi connectivity index (χ2v) is 7.08. The summed E-state index contributed by atoms with van der Waals surface area (Å²) >= 11 is 0. The third kappa shape index (κ3) is 2.70. The number of fused-ring (bicyclic) bond motifs is 3. The SMILES string of the molecule is c1ccc2c(c1)oc1ncc(-c3cc(CC4CCCC4)ccn3)cc12. The molecule has 25 heavy (non-hydrogen) atoms.